The first-order valence-electron chi connectivity index (χ1n) is 24.9. The maximum Gasteiger partial charge on any atom is 0.160 e. The summed E-state index contributed by atoms with van der Waals surface area (Å²) in [6, 6.07) is 94.1. The molecule has 0 aliphatic heterocycles. The van der Waals surface area contributed by atoms with Gasteiger partial charge in [0.15, 0.2) is 5.82 Å². The summed E-state index contributed by atoms with van der Waals surface area (Å²) in [6.45, 7) is 0. The fraction of sp³-hybridized carbons (Fsp3) is 0. The number of para-hydroxylation sites is 5. The van der Waals surface area contributed by atoms with Gasteiger partial charge in [-0.1, -0.05) is 182 Å². The minimum Gasteiger partial charge on any atom is -0.309 e. The zero-order chi connectivity index (χ0) is 48.0. The van der Waals surface area contributed by atoms with E-state index < -0.39 is 0 Å². The molecule has 0 spiro atoms. The normalized spacial score (nSPS) is 11.8. The van der Waals surface area contributed by atoms with E-state index in [0.29, 0.717) is 5.82 Å². The topological polar surface area (TPSA) is 40.6 Å². The van der Waals surface area contributed by atoms with E-state index in [4.69, 9.17) is 9.97 Å². The van der Waals surface area contributed by atoms with Gasteiger partial charge in [-0.25, -0.2) is 9.97 Å². The molecule has 0 aliphatic carbocycles. The van der Waals surface area contributed by atoms with Crippen molar-refractivity contribution in [2.75, 3.05) is 0 Å². The lowest BCUT2D eigenvalue weighted by Gasteiger charge is -2.17. The molecule has 5 nitrogen and oxygen atoms in total. The Kier molecular flexibility index (Phi) is 9.19. The Morgan fingerprint density at radius 3 is 1.22 bits per heavy atom. The van der Waals surface area contributed by atoms with Crippen LogP contribution >= 0.6 is 0 Å². The Bertz CT molecular complexity index is 4560. The van der Waals surface area contributed by atoms with E-state index in [1.54, 1.807) is 0 Å². The molecule has 0 radical (unpaired) electrons. The number of fused-ring (bicyclic) bond motifs is 10. The standard InChI is InChI=1S/C68H43N5/c1-2-18-46(19-3-1)68-69-60(45-33-36-49(37-34-45)71-62-28-11-6-22-54(62)55-23-7-12-29-63(55)71)43-61(70-68)48-39-50(72-64-30-13-8-24-56(64)57-25-9-14-31-65(57)72)42-51(40-48)73-66-32-15-10-26-58(66)59-41-47(35-38-67(59)73)53-27-16-20-44-17-4-5-21-52(44)53/h1-43H. The van der Waals surface area contributed by atoms with Crippen molar-refractivity contribution in [3.8, 4) is 62.1 Å². The second-order valence-corrected chi connectivity index (χ2v) is 19.0. The van der Waals surface area contributed by atoms with Gasteiger partial charge in [0.2, 0.25) is 0 Å². The van der Waals surface area contributed by atoms with Crippen molar-refractivity contribution in [3.63, 3.8) is 0 Å². The summed E-state index contributed by atoms with van der Waals surface area (Å²) in [5.41, 5.74) is 17.1. The molecule has 0 unspecified atom stereocenters. The van der Waals surface area contributed by atoms with Crippen LogP contribution < -0.4 is 0 Å². The maximum absolute atomic E-state index is 5.46. The predicted octanol–water partition coefficient (Wildman–Crippen LogP) is 17.6. The summed E-state index contributed by atoms with van der Waals surface area (Å²) < 4.78 is 7.21. The molecule has 0 saturated carbocycles. The van der Waals surface area contributed by atoms with E-state index in [2.05, 4.69) is 268 Å². The first-order valence-corrected chi connectivity index (χ1v) is 24.9. The Morgan fingerprint density at radius 1 is 0.233 bits per heavy atom. The summed E-state index contributed by atoms with van der Waals surface area (Å²) in [5, 5.41) is 9.78. The van der Waals surface area contributed by atoms with Crippen LogP contribution in [0, 0.1) is 0 Å². The van der Waals surface area contributed by atoms with Crippen LogP contribution in [-0.2, 0) is 0 Å². The SMILES string of the molecule is c1ccc(-c2nc(-c3ccc(-n4c5ccccc5c5ccccc54)cc3)cc(-c3cc(-n4c5ccccc5c5ccccc54)cc(-n4c5ccccc5c5cc(-c6cccc7ccccc67)ccc54)c3)n2)cc1. The van der Waals surface area contributed by atoms with Gasteiger partial charge >= 0.3 is 0 Å². The first kappa shape index (κ1) is 41.0. The van der Waals surface area contributed by atoms with Crippen LogP contribution in [0.2, 0.25) is 0 Å². The largest absolute Gasteiger partial charge is 0.309 e. The number of aromatic nitrogens is 5. The van der Waals surface area contributed by atoms with Gasteiger partial charge in [-0.05, 0) is 101 Å². The second kappa shape index (κ2) is 16.4. The lowest BCUT2D eigenvalue weighted by molar-refractivity contribution is 1.13. The minimum atomic E-state index is 0.668. The van der Waals surface area contributed by atoms with Crippen LogP contribution in [0.3, 0.4) is 0 Å². The first-order chi connectivity index (χ1) is 36.2. The molecule has 0 bridgehead atoms. The Hall–Kier alpha value is -9.84. The Labute approximate surface area is 420 Å². The summed E-state index contributed by atoms with van der Waals surface area (Å²) in [4.78, 5) is 10.8. The van der Waals surface area contributed by atoms with Gasteiger partial charge in [0.25, 0.3) is 0 Å². The number of nitrogens with zero attached hydrogens (tertiary/aromatic N) is 5. The van der Waals surface area contributed by atoms with Crippen LogP contribution in [0.4, 0.5) is 0 Å². The molecule has 0 N–H and O–H groups in total. The minimum absolute atomic E-state index is 0.668. The van der Waals surface area contributed by atoms with Crippen molar-refractivity contribution in [1.82, 2.24) is 23.7 Å². The predicted molar refractivity (Wildman–Crippen MR) is 304 cm³/mol. The summed E-state index contributed by atoms with van der Waals surface area (Å²) in [7, 11) is 0. The maximum atomic E-state index is 5.46. The average Bonchev–Trinajstić information content (AvgIpc) is 4.11. The highest BCUT2D eigenvalue weighted by Crippen LogP contribution is 2.41. The van der Waals surface area contributed by atoms with Gasteiger partial charge in [-0.3, -0.25) is 0 Å². The summed E-state index contributed by atoms with van der Waals surface area (Å²) >= 11 is 0. The van der Waals surface area contributed by atoms with Crippen molar-refractivity contribution in [2.45, 2.75) is 0 Å². The molecule has 5 heteroatoms. The lowest BCUT2D eigenvalue weighted by atomic mass is 9.97. The highest BCUT2D eigenvalue weighted by Gasteiger charge is 2.20. The lowest BCUT2D eigenvalue weighted by Crippen LogP contribution is -2.02. The van der Waals surface area contributed by atoms with Gasteiger partial charge in [0.05, 0.1) is 44.5 Å². The molecular formula is C68H43N5. The van der Waals surface area contributed by atoms with E-state index >= 15 is 0 Å². The Balaban J connectivity index is 0.960. The summed E-state index contributed by atoms with van der Waals surface area (Å²) in [6.07, 6.45) is 0. The number of hydrogen-bond donors (Lipinski definition) is 0. The van der Waals surface area contributed by atoms with E-state index in [-0.39, 0.29) is 0 Å². The van der Waals surface area contributed by atoms with Crippen molar-refractivity contribution >= 4 is 76.2 Å². The highest BCUT2D eigenvalue weighted by molar-refractivity contribution is 6.13. The molecule has 15 aromatic rings. The van der Waals surface area contributed by atoms with E-state index in [0.717, 1.165) is 67.2 Å². The molecule has 73 heavy (non-hydrogen) atoms. The van der Waals surface area contributed by atoms with E-state index in [9.17, 15) is 0 Å². The smallest absolute Gasteiger partial charge is 0.160 e. The molecule has 11 aromatic carbocycles. The van der Waals surface area contributed by atoms with Gasteiger partial charge in [-0.2, -0.15) is 0 Å². The third-order valence-corrected chi connectivity index (χ3v) is 14.8. The Morgan fingerprint density at radius 2 is 0.658 bits per heavy atom. The molecular weight excluding hydrogens is 887 g/mol. The molecule has 4 aromatic heterocycles. The number of rotatable bonds is 7. The fourth-order valence-corrected chi connectivity index (χ4v) is 11.5. The van der Waals surface area contributed by atoms with Crippen LogP contribution in [0.25, 0.3) is 138 Å². The molecule has 0 saturated heterocycles. The van der Waals surface area contributed by atoms with Crippen molar-refractivity contribution in [1.29, 1.82) is 0 Å². The zero-order valence-corrected chi connectivity index (χ0v) is 39.6. The van der Waals surface area contributed by atoms with Crippen molar-refractivity contribution in [2.24, 2.45) is 0 Å². The average molecular weight is 930 g/mol. The van der Waals surface area contributed by atoms with Gasteiger partial charge in [-0.15, -0.1) is 0 Å². The van der Waals surface area contributed by atoms with Crippen LogP contribution in [0.15, 0.2) is 261 Å². The van der Waals surface area contributed by atoms with E-state index in [1.807, 2.05) is 6.07 Å². The van der Waals surface area contributed by atoms with Crippen LogP contribution in [0.5, 0.6) is 0 Å². The van der Waals surface area contributed by atoms with Gasteiger partial charge in [0.1, 0.15) is 0 Å². The quantitative estimate of drug-likeness (QED) is 0.160. The van der Waals surface area contributed by atoms with Crippen molar-refractivity contribution < 1.29 is 0 Å². The molecule has 4 heterocycles. The van der Waals surface area contributed by atoms with Gasteiger partial charge in [0, 0.05) is 66.1 Å². The third-order valence-electron chi connectivity index (χ3n) is 14.8. The molecule has 340 valence electrons. The molecule has 0 fully saturated rings. The van der Waals surface area contributed by atoms with Gasteiger partial charge < -0.3 is 13.7 Å². The summed E-state index contributed by atoms with van der Waals surface area (Å²) in [5.74, 6) is 0.668. The second-order valence-electron chi connectivity index (χ2n) is 19.0. The molecule has 0 amide bonds. The number of benzene rings is 11. The van der Waals surface area contributed by atoms with Crippen molar-refractivity contribution in [3.05, 3.63) is 261 Å². The van der Waals surface area contributed by atoms with Crippen LogP contribution in [-0.4, -0.2) is 23.7 Å². The molecule has 0 aliphatic rings. The van der Waals surface area contributed by atoms with E-state index in [1.165, 1.54) is 65.3 Å². The zero-order valence-electron chi connectivity index (χ0n) is 39.6. The highest BCUT2D eigenvalue weighted by atomic mass is 15.0. The third kappa shape index (κ3) is 6.56. The molecule has 15 rings (SSSR count). The monoisotopic (exact) mass is 929 g/mol. The number of hydrogen-bond acceptors (Lipinski definition) is 2. The fourth-order valence-electron chi connectivity index (χ4n) is 11.5. The molecule has 0 atom stereocenters. The van der Waals surface area contributed by atoms with Crippen LogP contribution in [0.1, 0.15) is 0 Å².